The maximum atomic E-state index is 11.4. The molecule has 0 saturated carbocycles. The van der Waals surface area contributed by atoms with Gasteiger partial charge in [0.2, 0.25) is 5.91 Å². The number of carbonyl (C=O) groups is 2. The van der Waals surface area contributed by atoms with Crippen LogP contribution in [-0.4, -0.2) is 25.0 Å². The first kappa shape index (κ1) is 13.7. The lowest BCUT2D eigenvalue weighted by Gasteiger charge is -2.08. The molecule has 1 aromatic rings. The zero-order chi connectivity index (χ0) is 12.8. The van der Waals surface area contributed by atoms with Crippen LogP contribution in [-0.2, 0) is 9.53 Å². The van der Waals surface area contributed by atoms with Gasteiger partial charge in [0.1, 0.15) is 0 Å². The van der Waals surface area contributed by atoms with E-state index in [-0.39, 0.29) is 12.5 Å². The van der Waals surface area contributed by atoms with Crippen LogP contribution in [0.2, 0.25) is 0 Å². The van der Waals surface area contributed by atoms with Crippen LogP contribution >= 0.6 is 15.9 Å². The smallest absolute Gasteiger partial charge is 0.338 e. The van der Waals surface area contributed by atoms with Gasteiger partial charge in [0.05, 0.1) is 24.4 Å². The number of esters is 1. The molecule has 1 rings (SSSR count). The Hall–Kier alpha value is -1.40. The summed E-state index contributed by atoms with van der Waals surface area (Å²) in [5, 5.41) is 2.60. The second-order valence-corrected chi connectivity index (χ2v) is 4.02. The summed E-state index contributed by atoms with van der Waals surface area (Å²) in [5.74, 6) is -0.695. The summed E-state index contributed by atoms with van der Waals surface area (Å²) >= 11 is 3.26. The van der Waals surface area contributed by atoms with E-state index in [2.05, 4.69) is 21.2 Å². The summed E-state index contributed by atoms with van der Waals surface area (Å²) in [4.78, 5) is 22.5. The van der Waals surface area contributed by atoms with Crippen LogP contribution in [0.1, 0.15) is 17.3 Å². The Morgan fingerprint density at radius 2 is 2.18 bits per heavy atom. The van der Waals surface area contributed by atoms with Crippen molar-refractivity contribution in [3.63, 3.8) is 0 Å². The van der Waals surface area contributed by atoms with Crippen molar-refractivity contribution in [2.75, 3.05) is 18.5 Å². The third-order valence-corrected chi connectivity index (χ3v) is 2.60. The molecule has 0 aliphatic carbocycles. The van der Waals surface area contributed by atoms with Crippen molar-refractivity contribution < 1.29 is 14.3 Å². The number of halogens is 1. The van der Waals surface area contributed by atoms with Gasteiger partial charge in [0, 0.05) is 4.47 Å². The van der Waals surface area contributed by atoms with Gasteiger partial charge in [-0.25, -0.2) is 4.79 Å². The van der Waals surface area contributed by atoms with E-state index in [9.17, 15) is 9.59 Å². The number of ether oxygens (including phenoxy) is 1. The summed E-state index contributed by atoms with van der Waals surface area (Å²) in [6.45, 7) is 1.97. The maximum Gasteiger partial charge on any atom is 0.338 e. The molecule has 92 valence electrons. The Bertz CT molecular complexity index is 435. The molecule has 1 aromatic carbocycles. The first-order chi connectivity index (χ1) is 8.08. The van der Waals surface area contributed by atoms with Gasteiger partial charge in [0.15, 0.2) is 0 Å². The van der Waals surface area contributed by atoms with Gasteiger partial charge in [-0.2, -0.15) is 0 Å². The van der Waals surface area contributed by atoms with Gasteiger partial charge in [-0.15, -0.1) is 0 Å². The highest BCUT2D eigenvalue weighted by molar-refractivity contribution is 9.10. The van der Waals surface area contributed by atoms with Gasteiger partial charge in [-0.05, 0) is 41.1 Å². The second-order valence-electron chi connectivity index (χ2n) is 3.17. The quantitative estimate of drug-likeness (QED) is 0.826. The van der Waals surface area contributed by atoms with Crippen molar-refractivity contribution in [1.82, 2.24) is 0 Å². The summed E-state index contributed by atoms with van der Waals surface area (Å²) in [6.07, 6.45) is 0. The zero-order valence-corrected chi connectivity index (χ0v) is 10.9. The molecule has 0 aliphatic rings. The molecule has 6 heteroatoms. The molecule has 0 fully saturated rings. The first-order valence-corrected chi connectivity index (χ1v) is 5.84. The lowest BCUT2D eigenvalue weighted by Crippen LogP contribution is -2.22. The van der Waals surface area contributed by atoms with Crippen LogP contribution in [0.25, 0.3) is 0 Å². The maximum absolute atomic E-state index is 11.4. The average molecular weight is 301 g/mol. The molecule has 0 spiro atoms. The number of nitrogens with one attached hydrogen (secondary N) is 1. The number of anilines is 1. The van der Waals surface area contributed by atoms with Gasteiger partial charge < -0.3 is 15.8 Å². The number of rotatable bonds is 4. The van der Waals surface area contributed by atoms with Crippen molar-refractivity contribution >= 4 is 33.5 Å². The lowest BCUT2D eigenvalue weighted by molar-refractivity contribution is -0.114. The topological polar surface area (TPSA) is 81.4 Å². The van der Waals surface area contributed by atoms with Crippen LogP contribution in [0, 0.1) is 0 Å². The molecule has 0 heterocycles. The Labute approximate surface area is 107 Å². The minimum atomic E-state index is -0.398. The fourth-order valence-corrected chi connectivity index (χ4v) is 1.64. The molecule has 1 amide bonds. The molecular formula is C11H13BrN2O3. The number of amides is 1. The highest BCUT2D eigenvalue weighted by Gasteiger charge is 2.10. The van der Waals surface area contributed by atoms with Crippen molar-refractivity contribution in [1.29, 1.82) is 0 Å². The van der Waals surface area contributed by atoms with Crippen molar-refractivity contribution in [2.45, 2.75) is 6.92 Å². The van der Waals surface area contributed by atoms with E-state index in [1.54, 1.807) is 25.1 Å². The van der Waals surface area contributed by atoms with E-state index in [1.165, 1.54) is 0 Å². The summed E-state index contributed by atoms with van der Waals surface area (Å²) in [5.41, 5.74) is 6.17. The van der Waals surface area contributed by atoms with Gasteiger partial charge in [-0.3, -0.25) is 4.79 Å². The Balaban J connectivity index is 2.86. The van der Waals surface area contributed by atoms with E-state index in [4.69, 9.17) is 10.5 Å². The molecular weight excluding hydrogens is 288 g/mol. The molecule has 0 unspecified atom stereocenters. The van der Waals surface area contributed by atoms with Crippen molar-refractivity contribution in [2.24, 2.45) is 5.73 Å². The second kappa shape index (κ2) is 6.36. The van der Waals surface area contributed by atoms with E-state index >= 15 is 0 Å². The third kappa shape index (κ3) is 3.83. The number of hydrogen-bond acceptors (Lipinski definition) is 4. The predicted molar refractivity (Wildman–Crippen MR) is 67.8 cm³/mol. The van der Waals surface area contributed by atoms with Crippen LogP contribution in [0.15, 0.2) is 22.7 Å². The first-order valence-electron chi connectivity index (χ1n) is 5.05. The van der Waals surface area contributed by atoms with Crippen molar-refractivity contribution in [3.8, 4) is 0 Å². The molecule has 3 N–H and O–H groups in total. The largest absolute Gasteiger partial charge is 0.462 e. The van der Waals surface area contributed by atoms with Crippen LogP contribution in [0.3, 0.4) is 0 Å². The Kier molecular flexibility index (Phi) is 5.11. The van der Waals surface area contributed by atoms with Gasteiger partial charge in [-0.1, -0.05) is 0 Å². The molecule has 0 aliphatic heterocycles. The summed E-state index contributed by atoms with van der Waals surface area (Å²) < 4.78 is 5.46. The minimum Gasteiger partial charge on any atom is -0.462 e. The normalized spacial score (nSPS) is 9.82. The third-order valence-electron chi connectivity index (χ3n) is 1.94. The lowest BCUT2D eigenvalue weighted by atomic mass is 10.2. The van der Waals surface area contributed by atoms with E-state index < -0.39 is 5.97 Å². The molecule has 0 radical (unpaired) electrons. The van der Waals surface area contributed by atoms with E-state index in [0.717, 1.165) is 0 Å². The molecule has 17 heavy (non-hydrogen) atoms. The highest BCUT2D eigenvalue weighted by atomic mass is 79.9. The number of carbonyl (C=O) groups excluding carboxylic acids is 2. The summed E-state index contributed by atoms with van der Waals surface area (Å²) in [6, 6.07) is 4.78. The molecule has 5 nitrogen and oxygen atoms in total. The number of benzene rings is 1. The van der Waals surface area contributed by atoms with Crippen LogP contribution in [0.4, 0.5) is 5.69 Å². The Morgan fingerprint density at radius 1 is 1.47 bits per heavy atom. The average Bonchev–Trinajstić information content (AvgIpc) is 2.31. The minimum absolute atomic E-state index is 0.0912. The van der Waals surface area contributed by atoms with E-state index in [0.29, 0.717) is 22.3 Å². The molecule has 0 atom stereocenters. The van der Waals surface area contributed by atoms with Crippen LogP contribution < -0.4 is 11.1 Å². The molecule has 0 aromatic heterocycles. The number of hydrogen-bond donors (Lipinski definition) is 2. The number of nitrogens with two attached hydrogens (primary N) is 1. The van der Waals surface area contributed by atoms with Gasteiger partial charge >= 0.3 is 5.97 Å². The zero-order valence-electron chi connectivity index (χ0n) is 9.33. The van der Waals surface area contributed by atoms with Crippen molar-refractivity contribution in [3.05, 3.63) is 28.2 Å². The van der Waals surface area contributed by atoms with E-state index in [1.807, 2.05) is 0 Å². The predicted octanol–water partition coefficient (Wildman–Crippen LogP) is 1.52. The van der Waals surface area contributed by atoms with Crippen LogP contribution in [0.5, 0.6) is 0 Å². The highest BCUT2D eigenvalue weighted by Crippen LogP contribution is 2.23. The monoisotopic (exact) mass is 300 g/mol. The molecule has 0 bridgehead atoms. The SMILES string of the molecule is CCOC(=O)c1ccc(NC(=O)CN)c(Br)c1. The fraction of sp³-hybridized carbons (Fsp3) is 0.273. The molecule has 0 saturated heterocycles. The fourth-order valence-electron chi connectivity index (χ4n) is 1.16. The summed E-state index contributed by atoms with van der Waals surface area (Å²) in [7, 11) is 0. The Morgan fingerprint density at radius 3 is 2.71 bits per heavy atom. The standard InChI is InChI=1S/C11H13BrN2O3/c1-2-17-11(16)7-3-4-9(8(12)5-7)14-10(15)6-13/h3-5H,2,6,13H2,1H3,(H,14,15). The van der Waals surface area contributed by atoms with Gasteiger partial charge in [0.25, 0.3) is 0 Å².